The van der Waals surface area contributed by atoms with Gasteiger partial charge in [-0.2, -0.15) is 0 Å². The van der Waals surface area contributed by atoms with Crippen LogP contribution in [0.25, 0.3) is 0 Å². The van der Waals surface area contributed by atoms with Crippen molar-refractivity contribution in [2.45, 2.75) is 19.4 Å². The van der Waals surface area contributed by atoms with Gasteiger partial charge in [-0.15, -0.1) is 0 Å². The van der Waals surface area contributed by atoms with Crippen molar-refractivity contribution in [3.8, 4) is 0 Å². The summed E-state index contributed by atoms with van der Waals surface area (Å²) in [4.78, 5) is 13.4. The van der Waals surface area contributed by atoms with Gasteiger partial charge in [0, 0.05) is 13.1 Å². The first-order chi connectivity index (χ1) is 6.68. The van der Waals surface area contributed by atoms with E-state index in [9.17, 15) is 9.90 Å². The minimum atomic E-state index is -0.390. The van der Waals surface area contributed by atoms with Crippen LogP contribution in [0.15, 0.2) is 10.7 Å². The molecular formula is C9H12N2O3. The lowest BCUT2D eigenvalue weighted by molar-refractivity contribution is 0.0763. The van der Waals surface area contributed by atoms with Gasteiger partial charge in [0.2, 0.25) is 0 Å². The van der Waals surface area contributed by atoms with Gasteiger partial charge >= 0.3 is 0 Å². The molecule has 1 aliphatic heterocycles. The molecule has 5 heteroatoms. The largest absolute Gasteiger partial charge is 0.391 e. The van der Waals surface area contributed by atoms with E-state index >= 15 is 0 Å². The summed E-state index contributed by atoms with van der Waals surface area (Å²) < 4.78 is 4.81. The highest BCUT2D eigenvalue weighted by atomic mass is 16.5. The van der Waals surface area contributed by atoms with Crippen LogP contribution in [0, 0.1) is 6.92 Å². The summed E-state index contributed by atoms with van der Waals surface area (Å²) in [5, 5.41) is 12.8. The second kappa shape index (κ2) is 3.42. The fourth-order valence-electron chi connectivity index (χ4n) is 1.60. The van der Waals surface area contributed by atoms with E-state index in [4.69, 9.17) is 4.52 Å². The molecule has 1 N–H and O–H groups in total. The van der Waals surface area contributed by atoms with Crippen molar-refractivity contribution in [1.29, 1.82) is 0 Å². The zero-order valence-electron chi connectivity index (χ0n) is 7.93. The molecule has 1 saturated heterocycles. The minimum Gasteiger partial charge on any atom is -0.391 e. The first-order valence-corrected chi connectivity index (χ1v) is 4.57. The molecule has 2 rings (SSSR count). The second-order valence-electron chi connectivity index (χ2n) is 3.49. The highest BCUT2D eigenvalue weighted by Crippen LogP contribution is 2.15. The third kappa shape index (κ3) is 1.50. The van der Waals surface area contributed by atoms with Crippen molar-refractivity contribution in [2.24, 2.45) is 0 Å². The Hall–Kier alpha value is -1.36. The third-order valence-corrected chi connectivity index (χ3v) is 2.43. The van der Waals surface area contributed by atoms with Crippen molar-refractivity contribution < 1.29 is 14.4 Å². The van der Waals surface area contributed by atoms with Crippen LogP contribution >= 0.6 is 0 Å². The first kappa shape index (κ1) is 9.21. The minimum absolute atomic E-state index is 0.111. The number of aromatic nitrogens is 1. The molecule has 14 heavy (non-hydrogen) atoms. The van der Waals surface area contributed by atoms with E-state index < -0.39 is 0 Å². The Morgan fingerprint density at radius 1 is 1.79 bits per heavy atom. The predicted molar refractivity (Wildman–Crippen MR) is 47.8 cm³/mol. The van der Waals surface area contributed by atoms with Crippen LogP contribution < -0.4 is 0 Å². The highest BCUT2D eigenvalue weighted by Gasteiger charge is 2.27. The van der Waals surface area contributed by atoms with Gasteiger partial charge in [-0.25, -0.2) is 0 Å². The summed E-state index contributed by atoms with van der Waals surface area (Å²) >= 11 is 0. The van der Waals surface area contributed by atoms with E-state index in [1.165, 1.54) is 6.20 Å². The van der Waals surface area contributed by atoms with Crippen LogP contribution in [0.3, 0.4) is 0 Å². The second-order valence-corrected chi connectivity index (χ2v) is 3.49. The molecule has 0 bridgehead atoms. The maximum absolute atomic E-state index is 11.8. The summed E-state index contributed by atoms with van der Waals surface area (Å²) in [5.74, 6) is 0.414. The zero-order valence-corrected chi connectivity index (χ0v) is 7.93. The van der Waals surface area contributed by atoms with Crippen molar-refractivity contribution >= 4 is 5.91 Å². The Morgan fingerprint density at radius 3 is 3.07 bits per heavy atom. The number of β-amino-alcohol motifs (C(OH)–C–C–N with tert-alkyl or cyclic N) is 1. The number of amides is 1. The van der Waals surface area contributed by atoms with E-state index in [-0.39, 0.29) is 12.0 Å². The van der Waals surface area contributed by atoms with Crippen LogP contribution in [0.2, 0.25) is 0 Å². The number of rotatable bonds is 1. The predicted octanol–water partition coefficient (Wildman–Crippen LogP) is 0.190. The van der Waals surface area contributed by atoms with Gasteiger partial charge in [0.1, 0.15) is 11.3 Å². The van der Waals surface area contributed by atoms with Gasteiger partial charge in [0.15, 0.2) is 0 Å². The Labute approximate surface area is 81.3 Å². The lowest BCUT2D eigenvalue weighted by Crippen LogP contribution is -2.29. The molecule has 1 aromatic heterocycles. The molecule has 0 unspecified atom stereocenters. The maximum Gasteiger partial charge on any atom is 0.259 e. The molecule has 1 aliphatic rings. The lowest BCUT2D eigenvalue weighted by Gasteiger charge is -2.13. The Kier molecular flexibility index (Phi) is 2.25. The molecule has 0 radical (unpaired) electrons. The van der Waals surface area contributed by atoms with Crippen LogP contribution in [-0.4, -0.2) is 40.3 Å². The molecule has 1 aromatic rings. The molecule has 1 fully saturated rings. The van der Waals surface area contributed by atoms with Crippen LogP contribution in [0.4, 0.5) is 0 Å². The number of carbonyl (C=O) groups is 1. The van der Waals surface area contributed by atoms with Crippen molar-refractivity contribution in [3.63, 3.8) is 0 Å². The molecule has 0 saturated carbocycles. The highest BCUT2D eigenvalue weighted by molar-refractivity contribution is 5.94. The average molecular weight is 196 g/mol. The number of aliphatic hydroxyl groups is 1. The van der Waals surface area contributed by atoms with Crippen molar-refractivity contribution in [3.05, 3.63) is 17.5 Å². The topological polar surface area (TPSA) is 66.6 Å². The van der Waals surface area contributed by atoms with Gasteiger partial charge in [-0.1, -0.05) is 5.16 Å². The standard InChI is InChI=1S/C9H12N2O3/c1-6-8(4-10-14-6)9(13)11-3-2-7(12)5-11/h4,7,12H,2-3,5H2,1H3/t7-/m1/s1. The normalized spacial score (nSPS) is 21.6. The van der Waals surface area contributed by atoms with E-state index in [0.717, 1.165) is 0 Å². The number of carbonyl (C=O) groups excluding carboxylic acids is 1. The van der Waals surface area contributed by atoms with Gasteiger partial charge in [0.05, 0.1) is 12.3 Å². The molecule has 2 heterocycles. The van der Waals surface area contributed by atoms with E-state index in [0.29, 0.717) is 30.8 Å². The summed E-state index contributed by atoms with van der Waals surface area (Å²) in [7, 11) is 0. The molecule has 1 amide bonds. The molecule has 1 atom stereocenters. The summed E-state index contributed by atoms with van der Waals surface area (Å²) in [5.41, 5.74) is 0.485. The van der Waals surface area contributed by atoms with E-state index in [1.54, 1.807) is 11.8 Å². The van der Waals surface area contributed by atoms with Gasteiger partial charge in [0.25, 0.3) is 5.91 Å². The van der Waals surface area contributed by atoms with E-state index in [2.05, 4.69) is 5.16 Å². The quantitative estimate of drug-likeness (QED) is 0.696. The van der Waals surface area contributed by atoms with Crippen LogP contribution in [0.1, 0.15) is 22.5 Å². The molecule has 0 aromatic carbocycles. The number of aryl methyl sites for hydroxylation is 1. The molecule has 0 spiro atoms. The first-order valence-electron chi connectivity index (χ1n) is 4.57. The Balaban J connectivity index is 2.13. The van der Waals surface area contributed by atoms with Gasteiger partial charge in [-0.05, 0) is 13.3 Å². The number of hydrogen-bond donors (Lipinski definition) is 1. The monoisotopic (exact) mass is 196 g/mol. The maximum atomic E-state index is 11.8. The SMILES string of the molecule is Cc1oncc1C(=O)N1CC[C@@H](O)C1. The van der Waals surface area contributed by atoms with E-state index in [1.807, 2.05) is 0 Å². The van der Waals surface area contributed by atoms with Crippen LogP contribution in [-0.2, 0) is 0 Å². The van der Waals surface area contributed by atoms with Gasteiger partial charge in [-0.3, -0.25) is 4.79 Å². The molecular weight excluding hydrogens is 184 g/mol. The lowest BCUT2D eigenvalue weighted by atomic mass is 10.2. The summed E-state index contributed by atoms with van der Waals surface area (Å²) in [6, 6.07) is 0. The fraction of sp³-hybridized carbons (Fsp3) is 0.556. The Morgan fingerprint density at radius 2 is 2.57 bits per heavy atom. The smallest absolute Gasteiger partial charge is 0.259 e. The van der Waals surface area contributed by atoms with Crippen molar-refractivity contribution in [1.82, 2.24) is 10.1 Å². The fourth-order valence-corrected chi connectivity index (χ4v) is 1.60. The third-order valence-electron chi connectivity index (χ3n) is 2.43. The number of nitrogens with zero attached hydrogens (tertiary/aromatic N) is 2. The number of aliphatic hydroxyl groups excluding tert-OH is 1. The van der Waals surface area contributed by atoms with Gasteiger partial charge < -0.3 is 14.5 Å². The number of likely N-dealkylation sites (tertiary alicyclic amines) is 1. The molecule has 5 nitrogen and oxygen atoms in total. The number of hydrogen-bond acceptors (Lipinski definition) is 4. The Bertz CT molecular complexity index is 348. The van der Waals surface area contributed by atoms with Crippen molar-refractivity contribution in [2.75, 3.05) is 13.1 Å². The average Bonchev–Trinajstić information content (AvgIpc) is 2.73. The molecule has 76 valence electrons. The summed E-state index contributed by atoms with van der Waals surface area (Å²) in [6.07, 6.45) is 1.68. The zero-order chi connectivity index (χ0) is 10.1. The summed E-state index contributed by atoms with van der Waals surface area (Å²) in [6.45, 7) is 2.71. The molecule has 0 aliphatic carbocycles. The van der Waals surface area contributed by atoms with Crippen LogP contribution in [0.5, 0.6) is 0 Å².